The molecule has 2 amide bonds. The summed E-state index contributed by atoms with van der Waals surface area (Å²) < 4.78 is 16.6. The fourth-order valence-electron chi connectivity index (χ4n) is 3.91. The molecule has 0 radical (unpaired) electrons. The van der Waals surface area contributed by atoms with Gasteiger partial charge in [0.1, 0.15) is 5.82 Å². The van der Waals surface area contributed by atoms with Crippen LogP contribution >= 0.6 is 27.7 Å². The molecule has 0 bridgehead atoms. The lowest BCUT2D eigenvalue weighted by Crippen LogP contribution is -2.25. The van der Waals surface area contributed by atoms with E-state index in [-0.39, 0.29) is 29.8 Å². The average Bonchev–Trinajstić information content (AvgIpc) is 3.34. The molecule has 0 fully saturated rings. The number of nitrogens with zero attached hydrogens (tertiary/aromatic N) is 3. The maximum absolute atomic E-state index is 13.9. The third kappa shape index (κ3) is 5.76. The van der Waals surface area contributed by atoms with Gasteiger partial charge in [-0.1, -0.05) is 76.2 Å². The van der Waals surface area contributed by atoms with E-state index in [1.807, 2.05) is 60.7 Å². The van der Waals surface area contributed by atoms with Crippen LogP contribution in [0.1, 0.15) is 16.2 Å². The lowest BCUT2D eigenvalue weighted by atomic mass is 10.0. The lowest BCUT2D eigenvalue weighted by Gasteiger charge is -2.12. The second kappa shape index (κ2) is 11.6. The fourth-order valence-corrected chi connectivity index (χ4v) is 4.95. The third-order valence-corrected chi connectivity index (χ3v) is 7.16. The number of thioether (sulfide) groups is 1. The molecule has 0 aliphatic rings. The number of aromatic nitrogens is 3. The van der Waals surface area contributed by atoms with Gasteiger partial charge in [0.25, 0.3) is 5.91 Å². The fraction of sp³-hybridized carbons (Fsp3) is 0.0714. The Morgan fingerprint density at radius 1 is 0.895 bits per heavy atom. The Bertz CT molecular complexity index is 1620. The second-order valence-corrected chi connectivity index (χ2v) is 10.1. The first-order chi connectivity index (χ1) is 18.5. The molecule has 5 aromatic rings. The molecule has 0 atom stereocenters. The van der Waals surface area contributed by atoms with Gasteiger partial charge in [0.05, 0.1) is 18.0 Å². The molecular formula is C28H21BrFN5O2S. The summed E-state index contributed by atoms with van der Waals surface area (Å²) in [5.41, 5.74) is 1.45. The standard InChI is InChI=1S/C28H21BrFN5O2S/c29-19-12-14-20(15-13-19)35-25(16-31-27(37)22-9-5-7-18-6-1-2-8-21(18)22)33-34-28(35)38-17-26(36)32-24-11-4-3-10-23(24)30/h1-15H,16-17H2,(H,31,37)(H,32,36). The van der Waals surface area contributed by atoms with E-state index in [0.717, 1.165) is 32.7 Å². The maximum atomic E-state index is 13.9. The van der Waals surface area contributed by atoms with Crippen molar-refractivity contribution in [3.05, 3.63) is 113 Å². The summed E-state index contributed by atoms with van der Waals surface area (Å²) in [5, 5.41) is 16.4. The zero-order valence-electron chi connectivity index (χ0n) is 19.9. The van der Waals surface area contributed by atoms with Gasteiger partial charge in [-0.3, -0.25) is 14.2 Å². The summed E-state index contributed by atoms with van der Waals surface area (Å²) >= 11 is 4.61. The van der Waals surface area contributed by atoms with E-state index in [1.54, 1.807) is 22.8 Å². The van der Waals surface area contributed by atoms with Gasteiger partial charge >= 0.3 is 0 Å². The van der Waals surface area contributed by atoms with Crippen molar-refractivity contribution in [3.63, 3.8) is 0 Å². The normalized spacial score (nSPS) is 10.9. The number of amides is 2. The molecule has 0 unspecified atom stereocenters. The second-order valence-electron chi connectivity index (χ2n) is 8.24. The van der Waals surface area contributed by atoms with Gasteiger partial charge in [0.2, 0.25) is 5.91 Å². The predicted octanol–water partition coefficient (Wildman–Crippen LogP) is 5.98. The minimum Gasteiger partial charge on any atom is -0.345 e. The average molecular weight is 590 g/mol. The van der Waals surface area contributed by atoms with Gasteiger partial charge in [0.15, 0.2) is 11.0 Å². The Balaban J connectivity index is 1.35. The molecule has 0 aliphatic heterocycles. The molecule has 7 nitrogen and oxygen atoms in total. The molecular weight excluding hydrogens is 569 g/mol. The highest BCUT2D eigenvalue weighted by atomic mass is 79.9. The van der Waals surface area contributed by atoms with Gasteiger partial charge in [-0.15, -0.1) is 10.2 Å². The molecule has 190 valence electrons. The number of carbonyl (C=O) groups excluding carboxylic acids is 2. The number of hydrogen-bond acceptors (Lipinski definition) is 5. The highest BCUT2D eigenvalue weighted by molar-refractivity contribution is 9.10. The Kier molecular flexibility index (Phi) is 7.81. The number of fused-ring (bicyclic) bond motifs is 1. The van der Waals surface area contributed by atoms with Crippen LogP contribution in [-0.4, -0.2) is 32.3 Å². The number of para-hydroxylation sites is 1. The number of halogens is 2. The molecule has 4 aromatic carbocycles. The highest BCUT2D eigenvalue weighted by Gasteiger charge is 2.18. The quantitative estimate of drug-likeness (QED) is 0.217. The van der Waals surface area contributed by atoms with Crippen LogP contribution in [0.4, 0.5) is 10.1 Å². The van der Waals surface area contributed by atoms with Crippen LogP contribution in [0.5, 0.6) is 0 Å². The molecule has 0 aliphatic carbocycles. The van der Waals surface area contributed by atoms with E-state index in [9.17, 15) is 14.0 Å². The van der Waals surface area contributed by atoms with Crippen LogP contribution in [-0.2, 0) is 11.3 Å². The molecule has 0 saturated carbocycles. The largest absolute Gasteiger partial charge is 0.345 e. The van der Waals surface area contributed by atoms with Gasteiger partial charge in [-0.25, -0.2) is 4.39 Å². The molecule has 1 heterocycles. The first-order valence-electron chi connectivity index (χ1n) is 11.6. The summed E-state index contributed by atoms with van der Waals surface area (Å²) in [6.45, 7) is 0.118. The number of benzene rings is 4. The number of carbonyl (C=O) groups is 2. The molecule has 0 spiro atoms. The summed E-state index contributed by atoms with van der Waals surface area (Å²) in [5.74, 6) is -0.626. The third-order valence-electron chi connectivity index (χ3n) is 5.71. The minimum absolute atomic E-state index is 0.00857. The molecule has 10 heteroatoms. The van der Waals surface area contributed by atoms with Crippen molar-refractivity contribution in [2.75, 3.05) is 11.1 Å². The molecule has 1 aromatic heterocycles. The summed E-state index contributed by atoms with van der Waals surface area (Å²) in [7, 11) is 0. The van der Waals surface area contributed by atoms with Gasteiger partial charge in [0, 0.05) is 15.7 Å². The predicted molar refractivity (Wildman–Crippen MR) is 150 cm³/mol. The van der Waals surface area contributed by atoms with Crippen molar-refractivity contribution in [1.29, 1.82) is 0 Å². The van der Waals surface area contributed by atoms with E-state index in [2.05, 4.69) is 36.8 Å². The molecule has 0 saturated heterocycles. The minimum atomic E-state index is -0.506. The van der Waals surface area contributed by atoms with Gasteiger partial charge in [-0.05, 0) is 53.2 Å². The Labute approximate surface area is 230 Å². The van der Waals surface area contributed by atoms with Crippen LogP contribution in [0.2, 0.25) is 0 Å². The van der Waals surface area contributed by atoms with Crippen molar-refractivity contribution in [1.82, 2.24) is 20.1 Å². The van der Waals surface area contributed by atoms with E-state index >= 15 is 0 Å². The Morgan fingerprint density at radius 3 is 2.45 bits per heavy atom. The smallest absolute Gasteiger partial charge is 0.252 e. The van der Waals surface area contributed by atoms with Crippen molar-refractivity contribution in [2.24, 2.45) is 0 Å². The van der Waals surface area contributed by atoms with Crippen LogP contribution in [0.25, 0.3) is 16.5 Å². The van der Waals surface area contributed by atoms with Crippen LogP contribution in [0, 0.1) is 5.82 Å². The molecule has 5 rings (SSSR count). The summed E-state index contributed by atoms with van der Waals surface area (Å²) in [6.07, 6.45) is 0. The van der Waals surface area contributed by atoms with E-state index in [0.29, 0.717) is 16.5 Å². The summed E-state index contributed by atoms with van der Waals surface area (Å²) in [6, 6.07) is 26.8. The van der Waals surface area contributed by atoms with Gasteiger partial charge in [-0.2, -0.15) is 0 Å². The van der Waals surface area contributed by atoms with E-state index in [1.165, 1.54) is 12.1 Å². The Hall–Kier alpha value is -4.02. The van der Waals surface area contributed by atoms with E-state index in [4.69, 9.17) is 0 Å². The Morgan fingerprint density at radius 2 is 1.63 bits per heavy atom. The molecule has 2 N–H and O–H groups in total. The zero-order valence-corrected chi connectivity index (χ0v) is 22.3. The van der Waals surface area contributed by atoms with Crippen LogP contribution in [0.3, 0.4) is 0 Å². The zero-order chi connectivity index (χ0) is 26.5. The van der Waals surface area contributed by atoms with Crippen molar-refractivity contribution < 1.29 is 14.0 Å². The first kappa shape index (κ1) is 25.6. The first-order valence-corrected chi connectivity index (χ1v) is 13.4. The topological polar surface area (TPSA) is 88.9 Å². The van der Waals surface area contributed by atoms with Gasteiger partial charge < -0.3 is 10.6 Å². The van der Waals surface area contributed by atoms with Crippen LogP contribution < -0.4 is 10.6 Å². The van der Waals surface area contributed by atoms with Crippen LogP contribution in [0.15, 0.2) is 101 Å². The van der Waals surface area contributed by atoms with E-state index < -0.39 is 5.82 Å². The number of hydrogen-bond donors (Lipinski definition) is 2. The van der Waals surface area contributed by atoms with Crippen molar-refractivity contribution in [2.45, 2.75) is 11.7 Å². The monoisotopic (exact) mass is 589 g/mol. The SMILES string of the molecule is O=C(CSc1nnc(CNC(=O)c2cccc3ccccc23)n1-c1ccc(Br)cc1)Nc1ccccc1F. The molecule has 38 heavy (non-hydrogen) atoms. The highest BCUT2D eigenvalue weighted by Crippen LogP contribution is 2.24. The number of rotatable bonds is 8. The van der Waals surface area contributed by atoms with Crippen molar-refractivity contribution in [3.8, 4) is 5.69 Å². The lowest BCUT2D eigenvalue weighted by molar-refractivity contribution is -0.113. The number of nitrogens with one attached hydrogen (secondary N) is 2. The van der Waals surface area contributed by atoms with Crippen molar-refractivity contribution >= 4 is 56.0 Å². The number of anilines is 1. The summed E-state index contributed by atoms with van der Waals surface area (Å²) in [4.78, 5) is 25.6. The maximum Gasteiger partial charge on any atom is 0.252 e.